The van der Waals surface area contributed by atoms with Crippen LogP contribution in [0.15, 0.2) is 26.2 Å². The number of nitrogens with one attached hydrogen (secondary N) is 1. The lowest BCUT2D eigenvalue weighted by atomic mass is 10.3. The summed E-state index contributed by atoms with van der Waals surface area (Å²) >= 11 is 2.85. The van der Waals surface area contributed by atoms with E-state index in [1.54, 1.807) is 5.38 Å². The molecular weight excluding hydrogens is 330 g/mol. The van der Waals surface area contributed by atoms with Crippen molar-refractivity contribution in [1.82, 2.24) is 9.71 Å². The van der Waals surface area contributed by atoms with E-state index in [0.29, 0.717) is 15.3 Å². The summed E-state index contributed by atoms with van der Waals surface area (Å²) in [5.74, 6) is -0.596. The van der Waals surface area contributed by atoms with Crippen molar-refractivity contribution in [3.63, 3.8) is 0 Å². The Bertz CT molecular complexity index is 514. The average Bonchev–Trinajstić information content (AvgIpc) is 2.74. The molecule has 1 unspecified atom stereocenters. The summed E-state index contributed by atoms with van der Waals surface area (Å²) in [5.41, 5.74) is 0.486. The first-order valence-corrected chi connectivity index (χ1v) is 7.06. The predicted octanol–water partition coefficient (Wildman–Crippen LogP) is 0.934. The molecule has 0 saturated heterocycles. The molecule has 17 heavy (non-hydrogen) atoms. The van der Waals surface area contributed by atoms with E-state index < -0.39 is 17.5 Å². The summed E-state index contributed by atoms with van der Waals surface area (Å²) < 4.78 is 22.9. The van der Waals surface area contributed by atoms with Crippen LogP contribution < -0.4 is 4.72 Å². The Morgan fingerprint density at radius 1 is 1.71 bits per heavy atom. The predicted molar refractivity (Wildman–Crippen MR) is 67.7 cm³/mol. The van der Waals surface area contributed by atoms with Crippen molar-refractivity contribution < 1.29 is 14.1 Å². The first-order valence-electron chi connectivity index (χ1n) is 4.29. The molecule has 0 bridgehead atoms. The number of carbonyl (C=O) groups is 1. The molecule has 0 saturated carbocycles. The topological polar surface area (TPSA) is 86.6 Å². The van der Waals surface area contributed by atoms with Gasteiger partial charge in [-0.3, -0.25) is 0 Å². The van der Waals surface area contributed by atoms with Gasteiger partial charge in [0.05, 0.1) is 7.11 Å². The monoisotopic (exact) mass is 335 g/mol. The van der Waals surface area contributed by atoms with E-state index in [-0.39, 0.29) is 5.70 Å². The van der Waals surface area contributed by atoms with Crippen molar-refractivity contribution in [3.8, 4) is 0 Å². The van der Waals surface area contributed by atoms with Gasteiger partial charge in [-0.15, -0.1) is 11.3 Å². The highest BCUT2D eigenvalue weighted by Gasteiger charge is 2.25. The molecule has 0 spiro atoms. The maximum Gasteiger partial charge on any atom is 0.358 e. The minimum atomic E-state index is -1.69. The molecule has 2 rings (SSSR count). The van der Waals surface area contributed by atoms with Crippen molar-refractivity contribution in [2.75, 3.05) is 7.11 Å². The van der Waals surface area contributed by atoms with Crippen LogP contribution >= 0.6 is 27.3 Å². The van der Waals surface area contributed by atoms with E-state index >= 15 is 0 Å². The second-order valence-electron chi connectivity index (χ2n) is 2.85. The maximum absolute atomic E-state index is 11.4. The van der Waals surface area contributed by atoms with Crippen molar-refractivity contribution >= 4 is 50.5 Å². The third kappa shape index (κ3) is 2.86. The van der Waals surface area contributed by atoms with Gasteiger partial charge in [-0.2, -0.15) is 4.72 Å². The number of rotatable bonds is 2. The zero-order valence-corrected chi connectivity index (χ0v) is 11.7. The first kappa shape index (κ1) is 12.6. The SMILES string of the molecule is COC(=O)C1=CC(c2nc(Br)cs2)=N[S+]([O-])N1. The lowest BCUT2D eigenvalue weighted by Crippen LogP contribution is -2.31. The molecule has 0 radical (unpaired) electrons. The van der Waals surface area contributed by atoms with Gasteiger partial charge in [0.1, 0.15) is 9.61 Å². The fourth-order valence-electron chi connectivity index (χ4n) is 1.08. The summed E-state index contributed by atoms with van der Waals surface area (Å²) in [6.45, 7) is 0. The van der Waals surface area contributed by atoms with Crippen LogP contribution in [0.5, 0.6) is 0 Å². The molecule has 0 aromatic carbocycles. The Kier molecular flexibility index (Phi) is 3.82. The van der Waals surface area contributed by atoms with Crippen LogP contribution in [0, 0.1) is 0 Å². The van der Waals surface area contributed by atoms with Crippen molar-refractivity contribution in [2.45, 2.75) is 0 Å². The van der Waals surface area contributed by atoms with E-state index in [0.717, 1.165) is 0 Å². The Morgan fingerprint density at radius 2 is 2.47 bits per heavy atom. The Morgan fingerprint density at radius 3 is 3.06 bits per heavy atom. The van der Waals surface area contributed by atoms with Crippen molar-refractivity contribution in [3.05, 3.63) is 26.8 Å². The van der Waals surface area contributed by atoms with Gasteiger partial charge in [-0.05, 0) is 20.3 Å². The summed E-state index contributed by atoms with van der Waals surface area (Å²) in [7, 11) is 1.25. The Hall–Kier alpha value is -0.900. The van der Waals surface area contributed by atoms with Crippen molar-refractivity contribution in [2.24, 2.45) is 4.40 Å². The van der Waals surface area contributed by atoms with Gasteiger partial charge in [0.2, 0.25) is 11.5 Å². The average molecular weight is 336 g/mol. The molecular formula is C8H6BrN3O3S2. The summed E-state index contributed by atoms with van der Waals surface area (Å²) in [5, 5.41) is 2.35. The van der Waals surface area contributed by atoms with Crippen LogP contribution in [0.4, 0.5) is 0 Å². The molecule has 1 aliphatic heterocycles. The number of carbonyl (C=O) groups excluding carboxylic acids is 1. The molecule has 1 atom stereocenters. The number of thiazole rings is 1. The molecule has 2 heterocycles. The van der Waals surface area contributed by atoms with Crippen LogP contribution in [0.3, 0.4) is 0 Å². The molecule has 1 N–H and O–H groups in total. The van der Waals surface area contributed by atoms with Crippen LogP contribution in [0.2, 0.25) is 0 Å². The number of methoxy groups -OCH3 is 1. The van der Waals surface area contributed by atoms with Gasteiger partial charge in [0.15, 0.2) is 11.4 Å². The molecule has 0 aliphatic carbocycles. The largest absolute Gasteiger partial charge is 0.567 e. The summed E-state index contributed by atoms with van der Waals surface area (Å²) in [4.78, 5) is 15.5. The number of halogens is 1. The number of allylic oxidation sites excluding steroid dienone is 1. The van der Waals surface area contributed by atoms with E-state index in [2.05, 4.69) is 34.8 Å². The molecule has 90 valence electrons. The Balaban J connectivity index is 2.33. The van der Waals surface area contributed by atoms with Gasteiger partial charge in [-0.1, -0.05) is 0 Å². The highest BCUT2D eigenvalue weighted by molar-refractivity contribution is 9.10. The number of nitrogens with zero attached hydrogens (tertiary/aromatic N) is 2. The lowest BCUT2D eigenvalue weighted by Gasteiger charge is -2.12. The van der Waals surface area contributed by atoms with Gasteiger partial charge >= 0.3 is 5.97 Å². The number of aromatic nitrogens is 1. The zero-order chi connectivity index (χ0) is 12.4. The highest BCUT2D eigenvalue weighted by Crippen LogP contribution is 2.19. The van der Waals surface area contributed by atoms with Gasteiger partial charge in [0, 0.05) is 11.5 Å². The normalized spacial score (nSPS) is 19.1. The highest BCUT2D eigenvalue weighted by atomic mass is 79.9. The molecule has 9 heteroatoms. The molecule has 1 aliphatic rings. The zero-order valence-electron chi connectivity index (χ0n) is 8.47. The fraction of sp³-hybridized carbons (Fsp3) is 0.125. The number of ether oxygens (including phenoxy) is 1. The van der Waals surface area contributed by atoms with E-state index in [1.807, 2.05) is 0 Å². The van der Waals surface area contributed by atoms with Crippen LogP contribution in [-0.4, -0.2) is 28.3 Å². The van der Waals surface area contributed by atoms with Crippen LogP contribution in [-0.2, 0) is 21.1 Å². The van der Waals surface area contributed by atoms with Gasteiger partial charge < -0.3 is 9.29 Å². The van der Waals surface area contributed by atoms with Gasteiger partial charge in [-0.25, -0.2) is 9.78 Å². The smallest absolute Gasteiger partial charge is 0.358 e. The molecule has 1 aromatic heterocycles. The van der Waals surface area contributed by atoms with Crippen LogP contribution in [0.1, 0.15) is 5.01 Å². The third-order valence-corrected chi connectivity index (χ3v) is 4.09. The van der Waals surface area contributed by atoms with E-state index in [9.17, 15) is 9.35 Å². The molecule has 0 amide bonds. The Labute approximate surface area is 112 Å². The van der Waals surface area contributed by atoms with E-state index in [1.165, 1.54) is 24.5 Å². The van der Waals surface area contributed by atoms with E-state index in [4.69, 9.17) is 0 Å². The summed E-state index contributed by atoms with van der Waals surface area (Å²) in [6, 6.07) is 0. The number of hydrogen-bond donors (Lipinski definition) is 1. The molecule has 0 fully saturated rings. The second kappa shape index (κ2) is 5.17. The third-order valence-electron chi connectivity index (χ3n) is 1.76. The van der Waals surface area contributed by atoms with Gasteiger partial charge in [0.25, 0.3) is 0 Å². The molecule has 1 aromatic rings. The standard InChI is InChI=1S/C8H6BrN3O3S2/c1-15-8(13)5-2-4(11-17(14)12-5)7-10-6(9)3-16-7/h2-3,12H,1H3. The summed E-state index contributed by atoms with van der Waals surface area (Å²) in [6.07, 6.45) is 1.46. The molecule has 6 nitrogen and oxygen atoms in total. The number of hydrogen-bond acceptors (Lipinski definition) is 7. The van der Waals surface area contributed by atoms with Crippen LogP contribution in [0.25, 0.3) is 0 Å². The van der Waals surface area contributed by atoms with Crippen molar-refractivity contribution in [1.29, 1.82) is 0 Å². The fourth-order valence-corrected chi connectivity index (χ4v) is 3.05. The first-order chi connectivity index (χ1) is 8.10. The quantitative estimate of drug-likeness (QED) is 0.641. The lowest BCUT2D eigenvalue weighted by molar-refractivity contribution is -0.136. The minimum absolute atomic E-state index is 0.0992. The number of esters is 1. The minimum Gasteiger partial charge on any atom is -0.567 e. The maximum atomic E-state index is 11.4. The second-order valence-corrected chi connectivity index (χ2v) is 5.41.